The highest BCUT2D eigenvalue weighted by Crippen LogP contribution is 2.27. The Morgan fingerprint density at radius 1 is 0.975 bits per heavy atom. The molecule has 3 heterocycles. The van der Waals surface area contributed by atoms with Gasteiger partial charge in [0.2, 0.25) is 11.8 Å². The predicted octanol–water partition coefficient (Wildman–Crippen LogP) is 2.14. The zero-order valence-electron chi connectivity index (χ0n) is 22.3. The van der Waals surface area contributed by atoms with Gasteiger partial charge >= 0.3 is 0 Å². The van der Waals surface area contributed by atoms with E-state index in [0.29, 0.717) is 37.2 Å². The average Bonchev–Trinajstić information content (AvgIpc) is 3.44. The lowest BCUT2D eigenvalue weighted by Gasteiger charge is -2.35. The van der Waals surface area contributed by atoms with Crippen molar-refractivity contribution in [1.29, 1.82) is 0 Å². The van der Waals surface area contributed by atoms with Crippen molar-refractivity contribution in [2.45, 2.75) is 51.2 Å². The van der Waals surface area contributed by atoms with E-state index in [-0.39, 0.29) is 6.61 Å². The molecule has 11 heteroatoms. The molecule has 4 atom stereocenters. The molecule has 11 nitrogen and oxygen atoms in total. The Labute approximate surface area is 232 Å². The summed E-state index contributed by atoms with van der Waals surface area (Å²) in [5, 5.41) is 41.2. The Morgan fingerprint density at radius 3 is 2.60 bits per heavy atom. The second-order valence-electron chi connectivity index (χ2n) is 9.61. The Balaban J connectivity index is 1.20. The highest BCUT2D eigenvalue weighted by molar-refractivity contribution is 5.68. The van der Waals surface area contributed by atoms with Crippen LogP contribution in [0.2, 0.25) is 0 Å². The van der Waals surface area contributed by atoms with E-state index in [1.54, 1.807) is 19.4 Å². The summed E-state index contributed by atoms with van der Waals surface area (Å²) in [5.74, 6) is 0.895. The number of hydrogen-bond acceptors (Lipinski definition) is 10. The Bertz CT molecular complexity index is 1420. The van der Waals surface area contributed by atoms with Crippen LogP contribution in [0, 0.1) is 6.92 Å². The molecular weight excluding hydrogens is 514 g/mol. The van der Waals surface area contributed by atoms with E-state index in [9.17, 15) is 15.3 Å². The van der Waals surface area contributed by atoms with Crippen LogP contribution < -0.4 is 14.8 Å². The normalized spacial score (nSPS) is 20.8. The molecule has 2 aromatic heterocycles. The highest BCUT2D eigenvalue weighted by atomic mass is 16.5. The minimum atomic E-state index is -1.34. The number of aliphatic hydroxyl groups is 3. The van der Waals surface area contributed by atoms with Gasteiger partial charge in [0.25, 0.3) is 0 Å². The average molecular weight is 548 g/mol. The third-order valence-electron chi connectivity index (χ3n) is 7.00. The predicted molar refractivity (Wildman–Crippen MR) is 145 cm³/mol. The van der Waals surface area contributed by atoms with Crippen LogP contribution in [0.15, 0.2) is 66.9 Å². The number of rotatable bonds is 10. The largest absolute Gasteiger partial charge is 0.481 e. The summed E-state index contributed by atoms with van der Waals surface area (Å²) < 4.78 is 18.4. The van der Waals surface area contributed by atoms with Crippen LogP contribution in [0.25, 0.3) is 11.1 Å². The van der Waals surface area contributed by atoms with Crippen molar-refractivity contribution in [3.63, 3.8) is 0 Å². The molecule has 0 bridgehead atoms. The first-order chi connectivity index (χ1) is 19.5. The maximum atomic E-state index is 10.3. The van der Waals surface area contributed by atoms with E-state index in [4.69, 9.17) is 14.2 Å². The van der Waals surface area contributed by atoms with Crippen LogP contribution in [0.3, 0.4) is 0 Å². The fourth-order valence-electron chi connectivity index (χ4n) is 4.70. The minimum absolute atomic E-state index is 0.120. The molecule has 0 aliphatic carbocycles. The molecule has 40 heavy (non-hydrogen) atoms. The summed E-state index contributed by atoms with van der Waals surface area (Å²) in [6, 6.07) is 20.2. The molecule has 1 fully saturated rings. The van der Waals surface area contributed by atoms with Gasteiger partial charge in [-0.3, -0.25) is 0 Å². The lowest BCUT2D eigenvalue weighted by molar-refractivity contribution is -0.214. The molecule has 0 unspecified atom stereocenters. The van der Waals surface area contributed by atoms with E-state index in [2.05, 4.69) is 51.8 Å². The fraction of sp³-hybridized carbons (Fsp3) is 0.345. The molecule has 0 amide bonds. The van der Waals surface area contributed by atoms with Crippen LogP contribution in [0.1, 0.15) is 28.6 Å². The lowest BCUT2D eigenvalue weighted by Crippen LogP contribution is -2.51. The molecule has 2 aromatic carbocycles. The van der Waals surface area contributed by atoms with Gasteiger partial charge in [0.1, 0.15) is 24.9 Å². The Hall–Kier alpha value is -3.87. The van der Waals surface area contributed by atoms with Crippen LogP contribution in [-0.2, 0) is 24.4 Å². The smallest absolute Gasteiger partial charge is 0.220 e. The summed E-state index contributed by atoms with van der Waals surface area (Å²) in [7, 11) is 1.56. The molecule has 1 aliphatic rings. The molecule has 210 valence electrons. The van der Waals surface area contributed by atoms with Gasteiger partial charge in [-0.05, 0) is 35.2 Å². The van der Waals surface area contributed by atoms with Crippen molar-refractivity contribution in [3.05, 3.63) is 89.2 Å². The molecule has 5 rings (SSSR count). The van der Waals surface area contributed by atoms with Gasteiger partial charge in [-0.2, -0.15) is 4.98 Å². The zero-order valence-corrected chi connectivity index (χ0v) is 22.3. The lowest BCUT2D eigenvalue weighted by atomic mass is 9.97. The first kappa shape index (κ1) is 27.7. The third kappa shape index (κ3) is 5.98. The van der Waals surface area contributed by atoms with Crippen LogP contribution in [0.5, 0.6) is 11.8 Å². The van der Waals surface area contributed by atoms with Crippen molar-refractivity contribution in [1.82, 2.24) is 25.3 Å². The molecule has 0 saturated carbocycles. The number of nitrogens with zero attached hydrogens (tertiary/aromatic N) is 4. The maximum absolute atomic E-state index is 10.3. The van der Waals surface area contributed by atoms with E-state index >= 15 is 0 Å². The van der Waals surface area contributed by atoms with Crippen molar-refractivity contribution in [2.24, 2.45) is 0 Å². The molecule has 1 aliphatic heterocycles. The minimum Gasteiger partial charge on any atom is -0.481 e. The first-order valence-electron chi connectivity index (χ1n) is 13.0. The number of nitrogens with one attached hydrogen (secondary N) is 1. The zero-order chi connectivity index (χ0) is 28.1. The number of methoxy groups -OCH3 is 1. The van der Waals surface area contributed by atoms with Crippen LogP contribution in [-0.4, -0.2) is 67.3 Å². The van der Waals surface area contributed by atoms with E-state index in [0.717, 1.165) is 22.3 Å². The maximum Gasteiger partial charge on any atom is 0.220 e. The number of aliphatic hydroxyl groups excluding tert-OH is 3. The number of pyridine rings is 1. The van der Waals surface area contributed by atoms with E-state index in [1.807, 2.05) is 30.3 Å². The standard InChI is InChI=1S/C29H33N5O6/c1-18-21(9-6-10-23(18)19-7-4-3-5-8-19)16-39-25-12-11-20(28(32-25)38-2)13-30-14-22-15-31-33-34(22)29-27(37)26(36)24(35)17-40-29/h3-12,15,24,26-27,29-30,35-37H,13-14,16-17H2,1-2H3/t24-,26+,27+,29+/m1/s1. The number of aromatic nitrogens is 4. The highest BCUT2D eigenvalue weighted by Gasteiger charge is 2.39. The molecule has 0 radical (unpaired) electrons. The van der Waals surface area contributed by atoms with Crippen LogP contribution >= 0.6 is 0 Å². The van der Waals surface area contributed by atoms with Crippen LogP contribution in [0.4, 0.5) is 0 Å². The molecule has 1 saturated heterocycles. The van der Waals surface area contributed by atoms with Gasteiger partial charge in [-0.15, -0.1) is 5.10 Å². The summed E-state index contributed by atoms with van der Waals surface area (Å²) >= 11 is 0. The topological polar surface area (TPSA) is 144 Å². The van der Waals surface area contributed by atoms with Crippen molar-refractivity contribution in [3.8, 4) is 22.9 Å². The number of ether oxygens (including phenoxy) is 3. The third-order valence-corrected chi connectivity index (χ3v) is 7.00. The second-order valence-corrected chi connectivity index (χ2v) is 9.61. The first-order valence-corrected chi connectivity index (χ1v) is 13.0. The second kappa shape index (κ2) is 12.5. The van der Waals surface area contributed by atoms with E-state index in [1.165, 1.54) is 10.2 Å². The van der Waals surface area contributed by atoms with Gasteiger partial charge in [-0.1, -0.05) is 53.7 Å². The van der Waals surface area contributed by atoms with Crippen molar-refractivity contribution < 1.29 is 29.5 Å². The van der Waals surface area contributed by atoms with Gasteiger partial charge in [0.05, 0.1) is 25.6 Å². The summed E-state index contributed by atoms with van der Waals surface area (Å²) in [4.78, 5) is 4.53. The van der Waals surface area contributed by atoms with Crippen molar-refractivity contribution >= 4 is 0 Å². The summed E-state index contributed by atoms with van der Waals surface area (Å²) in [6.45, 7) is 3.12. The fourth-order valence-corrected chi connectivity index (χ4v) is 4.70. The quantitative estimate of drug-likeness (QED) is 0.233. The van der Waals surface area contributed by atoms with Gasteiger partial charge in [0, 0.05) is 24.7 Å². The molecule has 4 aromatic rings. The Kier molecular flexibility index (Phi) is 8.68. The number of hydrogen-bond donors (Lipinski definition) is 4. The Morgan fingerprint density at radius 2 is 1.80 bits per heavy atom. The van der Waals surface area contributed by atoms with Gasteiger partial charge in [-0.25, -0.2) is 4.68 Å². The summed E-state index contributed by atoms with van der Waals surface area (Å²) in [5.41, 5.74) is 6.02. The molecule has 4 N–H and O–H groups in total. The SMILES string of the molecule is COc1nc(OCc2cccc(-c3ccccc3)c2C)ccc1CNCc1cnnn1[C@H]1OC[C@@H](O)[C@H](O)[C@@H]1O. The van der Waals surface area contributed by atoms with E-state index < -0.39 is 24.5 Å². The summed E-state index contributed by atoms with van der Waals surface area (Å²) in [6.07, 6.45) is -3.25. The van der Waals surface area contributed by atoms with Gasteiger partial charge in [0.15, 0.2) is 6.23 Å². The van der Waals surface area contributed by atoms with Crippen molar-refractivity contribution in [2.75, 3.05) is 13.7 Å². The monoisotopic (exact) mass is 547 g/mol. The molecular formula is C29H33N5O6. The number of benzene rings is 2. The van der Waals surface area contributed by atoms with Gasteiger partial charge < -0.3 is 34.8 Å². The molecule has 0 spiro atoms.